The van der Waals surface area contributed by atoms with Gasteiger partial charge in [-0.1, -0.05) is 0 Å². The Labute approximate surface area is 62.4 Å². The first-order chi connectivity index (χ1) is 3.46. The van der Waals surface area contributed by atoms with Gasteiger partial charge in [-0.25, -0.2) is 0 Å². The molecule has 0 amide bonds. The van der Waals surface area contributed by atoms with Crippen LogP contribution in [-0.4, -0.2) is 27.5 Å². The molecule has 0 fully saturated rings. The third-order valence-electron chi connectivity index (χ3n) is 0. The fourth-order valence-corrected chi connectivity index (χ4v) is 0. The molecule has 0 aliphatic carbocycles. The van der Waals surface area contributed by atoms with Gasteiger partial charge in [-0.15, -0.1) is 0 Å². The van der Waals surface area contributed by atoms with Crippen molar-refractivity contribution >= 4 is 7.32 Å². The van der Waals surface area contributed by atoms with Gasteiger partial charge in [0.15, 0.2) is 0 Å². The van der Waals surface area contributed by atoms with Crippen molar-refractivity contribution in [3.8, 4) is 0 Å². The van der Waals surface area contributed by atoms with E-state index >= 15 is 0 Å². The van der Waals surface area contributed by atoms with E-state index in [2.05, 4.69) is 0 Å². The third kappa shape index (κ3) is 3850. The summed E-state index contributed by atoms with van der Waals surface area (Å²) in [4.78, 5) is 8.25. The van der Waals surface area contributed by atoms with Gasteiger partial charge in [0.1, 0.15) is 0 Å². The molecule has 0 bridgehead atoms. The molecule has 9 heavy (non-hydrogen) atoms. The van der Waals surface area contributed by atoms with Crippen molar-refractivity contribution in [3.63, 3.8) is 0 Å². The molecular formula is H3BLiNO6. The Bertz CT molecular complexity index is 57.3. The van der Waals surface area contributed by atoms with E-state index in [1.54, 1.807) is 0 Å². The van der Waals surface area contributed by atoms with Crippen LogP contribution in [-0.2, 0) is 0 Å². The molecule has 0 saturated heterocycles. The second-order valence-electron chi connectivity index (χ2n) is 0.570. The zero-order valence-electron chi connectivity index (χ0n) is 4.59. The van der Waals surface area contributed by atoms with Crippen molar-refractivity contribution in [2.45, 2.75) is 0 Å². The molecule has 0 aliphatic heterocycles. The van der Waals surface area contributed by atoms with E-state index in [0.29, 0.717) is 0 Å². The number of rotatable bonds is 0. The minimum atomic E-state index is -2.17. The molecule has 9 heteroatoms. The molecule has 0 aliphatic rings. The first-order valence-electron chi connectivity index (χ1n) is 1.32. The van der Waals surface area contributed by atoms with Gasteiger partial charge in [-0.05, 0) is 0 Å². The molecule has 0 heterocycles. The molecule has 3 N–H and O–H groups in total. The van der Waals surface area contributed by atoms with Crippen LogP contribution in [0.25, 0.3) is 0 Å². The molecule has 0 rings (SSSR count). The van der Waals surface area contributed by atoms with Crippen LogP contribution in [0.5, 0.6) is 0 Å². The summed E-state index contributed by atoms with van der Waals surface area (Å²) >= 11 is 0. The van der Waals surface area contributed by atoms with Crippen LogP contribution < -0.4 is 18.9 Å². The van der Waals surface area contributed by atoms with Crippen molar-refractivity contribution in [2.75, 3.05) is 0 Å². The van der Waals surface area contributed by atoms with Crippen molar-refractivity contribution in [1.29, 1.82) is 0 Å². The van der Waals surface area contributed by atoms with Gasteiger partial charge in [0, 0.05) is 0 Å². The third-order valence-corrected chi connectivity index (χ3v) is 0. The Hall–Kier alpha value is -0.258. The van der Waals surface area contributed by atoms with Crippen LogP contribution in [0.4, 0.5) is 0 Å². The zero-order valence-corrected chi connectivity index (χ0v) is 4.59. The molecule has 0 aromatic rings. The Morgan fingerprint density at radius 1 is 1.22 bits per heavy atom. The van der Waals surface area contributed by atoms with E-state index < -0.39 is 12.4 Å². The van der Waals surface area contributed by atoms with Crippen LogP contribution in [0.3, 0.4) is 0 Å². The van der Waals surface area contributed by atoms with Crippen molar-refractivity contribution < 1.29 is 39.0 Å². The predicted molar refractivity (Wildman–Crippen MR) is 22.8 cm³/mol. The maximum atomic E-state index is 8.25. The van der Waals surface area contributed by atoms with E-state index in [0.717, 1.165) is 0 Å². The molecule has 0 aromatic heterocycles. The summed E-state index contributed by atoms with van der Waals surface area (Å²) in [6.07, 6.45) is 0. The van der Waals surface area contributed by atoms with Crippen LogP contribution in [0.1, 0.15) is 0 Å². The van der Waals surface area contributed by atoms with Crippen molar-refractivity contribution in [1.82, 2.24) is 0 Å². The second kappa shape index (κ2) is 10.7. The monoisotopic (exact) mass is 131 g/mol. The topological polar surface area (TPSA) is 127 Å². The summed E-state index contributed by atoms with van der Waals surface area (Å²) in [5.74, 6) is 0. The van der Waals surface area contributed by atoms with Gasteiger partial charge in [0.05, 0.1) is 5.09 Å². The number of nitrogens with zero attached hydrogens (tertiary/aromatic N) is 1. The summed E-state index contributed by atoms with van der Waals surface area (Å²) < 4.78 is 0. The number of hydrogen-bond acceptors (Lipinski definition) is 6. The molecule has 48 valence electrons. The van der Waals surface area contributed by atoms with Gasteiger partial charge in [0.25, 0.3) is 0 Å². The average Bonchev–Trinajstić information content (AvgIpc) is 1.25. The minimum Gasteiger partial charge on any atom is -0.402 e. The standard InChI is InChI=1S/BH3O3.Li.NO3/c2-1(3)4;;2-1(3)4/h2-4H;;/q;+1;-1. The fraction of sp³-hybridized carbons (Fsp3) is 0. The summed E-state index contributed by atoms with van der Waals surface area (Å²) in [6, 6.07) is 0. The van der Waals surface area contributed by atoms with Crippen LogP contribution in [0.2, 0.25) is 0 Å². The fourth-order valence-electron chi connectivity index (χ4n) is 0. The molecule has 0 spiro atoms. The first kappa shape index (κ1) is 15.9. The summed E-state index contributed by atoms with van der Waals surface area (Å²) in [7, 11) is -2.17. The van der Waals surface area contributed by atoms with Gasteiger partial charge < -0.3 is 30.4 Å². The van der Waals surface area contributed by atoms with Gasteiger partial charge in [-0.2, -0.15) is 0 Å². The Balaban J connectivity index is -0.0000000720. The second-order valence-corrected chi connectivity index (χ2v) is 0.570. The maximum Gasteiger partial charge on any atom is 1.00 e. The summed E-state index contributed by atoms with van der Waals surface area (Å²) in [5, 5.41) is 36.2. The minimum absolute atomic E-state index is 0. The van der Waals surface area contributed by atoms with Crippen molar-refractivity contribution in [2.24, 2.45) is 0 Å². The molecule has 0 radical (unpaired) electrons. The predicted octanol–water partition coefficient (Wildman–Crippen LogP) is -5.29. The largest absolute Gasteiger partial charge is 1.00 e. The first-order valence-corrected chi connectivity index (χ1v) is 1.32. The zero-order chi connectivity index (χ0) is 7.15. The smallest absolute Gasteiger partial charge is 0.402 e. The SMILES string of the molecule is O=[N+]([O-])[O-].OB(O)O.[Li+]. The molecular weight excluding hydrogens is 128 g/mol. The van der Waals surface area contributed by atoms with Gasteiger partial charge >= 0.3 is 26.2 Å². The van der Waals surface area contributed by atoms with E-state index in [9.17, 15) is 0 Å². The van der Waals surface area contributed by atoms with E-state index in [4.69, 9.17) is 30.4 Å². The summed E-state index contributed by atoms with van der Waals surface area (Å²) in [6.45, 7) is 0. The van der Waals surface area contributed by atoms with Crippen LogP contribution in [0, 0.1) is 15.3 Å². The quantitative estimate of drug-likeness (QED) is 0.171. The van der Waals surface area contributed by atoms with E-state index in [-0.39, 0.29) is 18.9 Å². The molecule has 7 nitrogen and oxygen atoms in total. The van der Waals surface area contributed by atoms with Gasteiger partial charge in [-0.3, -0.25) is 0 Å². The average molecular weight is 131 g/mol. The van der Waals surface area contributed by atoms with Crippen LogP contribution in [0.15, 0.2) is 0 Å². The maximum absolute atomic E-state index is 8.25. The molecule has 0 atom stereocenters. The number of hydrogen-bond donors (Lipinski definition) is 3. The van der Waals surface area contributed by atoms with Gasteiger partial charge in [0.2, 0.25) is 0 Å². The molecule has 0 aromatic carbocycles. The van der Waals surface area contributed by atoms with E-state index in [1.807, 2.05) is 0 Å². The van der Waals surface area contributed by atoms with Crippen LogP contribution >= 0.6 is 0 Å². The normalized spacial score (nSPS) is 5.67. The van der Waals surface area contributed by atoms with E-state index in [1.165, 1.54) is 0 Å². The Morgan fingerprint density at radius 3 is 1.22 bits per heavy atom. The molecule has 0 saturated carbocycles. The van der Waals surface area contributed by atoms with Crippen molar-refractivity contribution in [3.05, 3.63) is 15.3 Å². The Morgan fingerprint density at radius 2 is 1.22 bits per heavy atom. The Kier molecular flexibility index (Phi) is 18.8. The molecule has 0 unspecified atom stereocenters. The summed E-state index contributed by atoms with van der Waals surface area (Å²) in [5.41, 5.74) is 0.